The van der Waals surface area contributed by atoms with Crippen LogP contribution in [0.5, 0.6) is 0 Å². The van der Waals surface area contributed by atoms with E-state index in [0.29, 0.717) is 0 Å². The zero-order valence-corrected chi connectivity index (χ0v) is 9.43. The Kier molecular flexibility index (Phi) is 3.34. The van der Waals surface area contributed by atoms with E-state index in [0.717, 1.165) is 12.2 Å². The van der Waals surface area contributed by atoms with Crippen molar-refractivity contribution in [3.05, 3.63) is 41.2 Å². The Hall–Kier alpha value is -2.27. The Labute approximate surface area is 101 Å². The molecule has 1 unspecified atom stereocenters. The highest BCUT2D eigenvalue weighted by Gasteiger charge is 2.19. The molecule has 1 atom stereocenters. The molecule has 0 radical (unpaired) electrons. The van der Waals surface area contributed by atoms with Crippen molar-refractivity contribution in [1.29, 1.82) is 0 Å². The van der Waals surface area contributed by atoms with Crippen LogP contribution in [0.2, 0.25) is 0 Å². The summed E-state index contributed by atoms with van der Waals surface area (Å²) in [6, 6.07) is 0. The van der Waals surface area contributed by atoms with Crippen LogP contribution >= 0.6 is 0 Å². The molecule has 7 heteroatoms. The largest absolute Gasteiger partial charge is 0.464 e. The predicted molar refractivity (Wildman–Crippen MR) is 57.0 cm³/mol. The van der Waals surface area contributed by atoms with Crippen LogP contribution in [-0.4, -0.2) is 34.2 Å². The molecule has 2 rings (SSSR count). The Bertz CT molecular complexity index is 571. The van der Waals surface area contributed by atoms with Gasteiger partial charge in [-0.05, 0) is 6.08 Å². The fourth-order valence-corrected chi connectivity index (χ4v) is 1.44. The van der Waals surface area contributed by atoms with Crippen molar-refractivity contribution in [3.8, 4) is 0 Å². The van der Waals surface area contributed by atoms with Gasteiger partial charge in [0.2, 0.25) is 0 Å². The van der Waals surface area contributed by atoms with Crippen molar-refractivity contribution in [1.82, 2.24) is 15.0 Å². The van der Waals surface area contributed by atoms with Gasteiger partial charge in [0.15, 0.2) is 11.9 Å². The summed E-state index contributed by atoms with van der Waals surface area (Å²) in [6.07, 6.45) is 1.86. The number of hydrogen-bond donors (Lipinski definition) is 0. The van der Waals surface area contributed by atoms with Gasteiger partial charge < -0.3 is 4.74 Å². The first-order chi connectivity index (χ1) is 8.61. The minimum atomic E-state index is -1.55. The number of alkyl halides is 1. The minimum absolute atomic E-state index is 0.0178. The van der Waals surface area contributed by atoms with Crippen molar-refractivity contribution in [2.75, 3.05) is 7.11 Å². The number of ether oxygens (including phenoxy) is 1. The fraction of sp³-hybridized carbons (Fsp3) is 0.273. The summed E-state index contributed by atoms with van der Waals surface area (Å²) in [5.74, 6) is -1.35. The van der Waals surface area contributed by atoms with Crippen molar-refractivity contribution >= 4 is 5.97 Å². The molecule has 1 heterocycles. The second kappa shape index (κ2) is 4.93. The molecule has 1 aromatic heterocycles. The quantitative estimate of drug-likeness (QED) is 0.602. The van der Waals surface area contributed by atoms with Crippen LogP contribution in [0.15, 0.2) is 35.5 Å². The van der Waals surface area contributed by atoms with Gasteiger partial charge in [-0.25, -0.2) is 18.3 Å². The van der Waals surface area contributed by atoms with Gasteiger partial charge in [-0.1, -0.05) is 5.21 Å². The molecule has 1 aliphatic rings. The highest BCUT2D eigenvalue weighted by molar-refractivity contribution is 5.86. The van der Waals surface area contributed by atoms with E-state index >= 15 is 0 Å². The number of rotatable bonds is 3. The molecule has 0 N–H and O–H groups in total. The monoisotopic (exact) mass is 253 g/mol. The standard InChI is InChI=1S/C11H9F2N3O2/c1-18-11(17)10-6-16(15-14-10)5-7-8(12)3-2-4-9(7)13/h3-4,6,8H,5H2,1H3. The molecule has 0 aromatic carbocycles. The van der Waals surface area contributed by atoms with E-state index < -0.39 is 18.0 Å². The van der Waals surface area contributed by atoms with Crippen molar-refractivity contribution in [2.24, 2.45) is 0 Å². The van der Waals surface area contributed by atoms with Crippen LogP contribution in [-0.2, 0) is 11.3 Å². The zero-order valence-electron chi connectivity index (χ0n) is 9.43. The Balaban J connectivity index is 2.18. The van der Waals surface area contributed by atoms with E-state index in [1.54, 1.807) is 0 Å². The Morgan fingerprint density at radius 1 is 1.67 bits per heavy atom. The first-order valence-electron chi connectivity index (χ1n) is 5.05. The zero-order chi connectivity index (χ0) is 13.1. The van der Waals surface area contributed by atoms with E-state index in [2.05, 4.69) is 20.8 Å². The molecular formula is C11H9F2N3O2. The predicted octanol–water partition coefficient (Wildman–Crippen LogP) is 1.35. The SMILES string of the molecule is COC(=O)c1cn(CC2=C(F)C=C=CC2F)nn1. The maximum atomic E-state index is 13.4. The Morgan fingerprint density at radius 2 is 2.44 bits per heavy atom. The van der Waals surface area contributed by atoms with Crippen molar-refractivity contribution < 1.29 is 18.3 Å². The lowest BCUT2D eigenvalue weighted by Crippen LogP contribution is -2.12. The normalized spacial score (nSPS) is 18.3. The summed E-state index contributed by atoms with van der Waals surface area (Å²) in [4.78, 5) is 11.1. The van der Waals surface area contributed by atoms with E-state index in [9.17, 15) is 13.6 Å². The molecule has 1 aliphatic carbocycles. The number of allylic oxidation sites excluding steroid dienone is 3. The van der Waals surface area contributed by atoms with Gasteiger partial charge >= 0.3 is 5.97 Å². The highest BCUT2D eigenvalue weighted by atomic mass is 19.1. The van der Waals surface area contributed by atoms with E-state index in [1.807, 2.05) is 0 Å². The Morgan fingerprint density at radius 3 is 3.11 bits per heavy atom. The maximum Gasteiger partial charge on any atom is 0.360 e. The van der Waals surface area contributed by atoms with Gasteiger partial charge in [-0.3, -0.25) is 0 Å². The van der Waals surface area contributed by atoms with E-state index in [4.69, 9.17) is 0 Å². The molecule has 0 fully saturated rings. The smallest absolute Gasteiger partial charge is 0.360 e. The lowest BCUT2D eigenvalue weighted by atomic mass is 10.1. The molecular weight excluding hydrogens is 244 g/mol. The van der Waals surface area contributed by atoms with Crippen LogP contribution in [0.4, 0.5) is 8.78 Å². The third kappa shape index (κ3) is 2.36. The number of methoxy groups -OCH3 is 1. The second-order valence-corrected chi connectivity index (χ2v) is 3.55. The summed E-state index contributed by atoms with van der Waals surface area (Å²) in [7, 11) is 1.21. The molecule has 0 amide bonds. The van der Waals surface area contributed by atoms with Crippen LogP contribution < -0.4 is 0 Å². The number of aromatic nitrogens is 3. The number of carbonyl (C=O) groups excluding carboxylic acids is 1. The van der Waals surface area contributed by atoms with Gasteiger partial charge in [-0.15, -0.1) is 10.8 Å². The number of carbonyl (C=O) groups is 1. The molecule has 0 saturated heterocycles. The number of nitrogens with zero attached hydrogens (tertiary/aromatic N) is 3. The molecule has 18 heavy (non-hydrogen) atoms. The van der Waals surface area contributed by atoms with Crippen LogP contribution in [0.25, 0.3) is 0 Å². The molecule has 0 bridgehead atoms. The maximum absolute atomic E-state index is 13.4. The lowest BCUT2D eigenvalue weighted by Gasteiger charge is -2.11. The third-order valence-corrected chi connectivity index (χ3v) is 2.36. The van der Waals surface area contributed by atoms with Crippen LogP contribution in [0.3, 0.4) is 0 Å². The van der Waals surface area contributed by atoms with Crippen molar-refractivity contribution in [3.63, 3.8) is 0 Å². The molecule has 1 aromatic rings. The van der Waals surface area contributed by atoms with Crippen LogP contribution in [0.1, 0.15) is 10.5 Å². The third-order valence-electron chi connectivity index (χ3n) is 2.36. The van der Waals surface area contributed by atoms with Gasteiger partial charge in [0, 0.05) is 11.6 Å². The fourth-order valence-electron chi connectivity index (χ4n) is 1.44. The summed E-state index contributed by atoms with van der Waals surface area (Å²) in [5, 5.41) is 7.14. The molecule has 0 saturated carbocycles. The summed E-state index contributed by atoms with van der Waals surface area (Å²) >= 11 is 0. The number of esters is 1. The van der Waals surface area contributed by atoms with Gasteiger partial charge in [-0.2, -0.15) is 0 Å². The number of halogens is 2. The average molecular weight is 253 g/mol. The lowest BCUT2D eigenvalue weighted by molar-refractivity contribution is 0.0594. The van der Waals surface area contributed by atoms with Gasteiger partial charge in [0.1, 0.15) is 5.83 Å². The molecule has 94 valence electrons. The second-order valence-electron chi connectivity index (χ2n) is 3.55. The first kappa shape index (κ1) is 12.2. The van der Waals surface area contributed by atoms with Gasteiger partial charge in [0.05, 0.1) is 19.9 Å². The minimum Gasteiger partial charge on any atom is -0.464 e. The van der Waals surface area contributed by atoms with Crippen molar-refractivity contribution in [2.45, 2.75) is 12.7 Å². The van der Waals surface area contributed by atoms with E-state index in [1.165, 1.54) is 18.0 Å². The average Bonchev–Trinajstić information content (AvgIpc) is 2.81. The molecule has 0 spiro atoms. The van der Waals surface area contributed by atoms with Gasteiger partial charge in [0.25, 0.3) is 0 Å². The molecule has 0 aliphatic heterocycles. The molecule has 5 nitrogen and oxygen atoms in total. The van der Waals surface area contributed by atoms with E-state index in [-0.39, 0.29) is 17.8 Å². The summed E-state index contributed by atoms with van der Waals surface area (Å²) in [6.45, 7) is -0.133. The van der Waals surface area contributed by atoms with Crippen LogP contribution in [0, 0.1) is 0 Å². The summed E-state index contributed by atoms with van der Waals surface area (Å²) in [5.41, 5.74) is 2.25. The number of hydrogen-bond acceptors (Lipinski definition) is 4. The first-order valence-corrected chi connectivity index (χ1v) is 5.05. The summed E-state index contributed by atoms with van der Waals surface area (Å²) < 4.78 is 32.4. The highest BCUT2D eigenvalue weighted by Crippen LogP contribution is 2.20. The topological polar surface area (TPSA) is 57.0 Å².